The number of alkyl halides is 3. The highest BCUT2D eigenvalue weighted by Gasteiger charge is 2.73. The third-order valence-electron chi connectivity index (χ3n) is 8.70. The predicted molar refractivity (Wildman–Crippen MR) is 125 cm³/mol. The van der Waals surface area contributed by atoms with Gasteiger partial charge in [0.15, 0.2) is 0 Å². The standard InChI is InChI=1S/C27H29F3N4O/c1-14-10-18(5-8-31-14)23-11-17(6-9-35-23)21-12-22-25(33-16(3)15(2)32-22)24(34-21)19-13-26(27(28,29)30)7-4-20(19)26/h5,8,10,12,17,19-20,23H,4,6-7,9,11,13H2,1-3H3/t17?,19-,20?,23?,26+/m0/s1. The van der Waals surface area contributed by atoms with Gasteiger partial charge in [0.2, 0.25) is 0 Å². The van der Waals surface area contributed by atoms with E-state index >= 15 is 0 Å². The molecule has 1 saturated heterocycles. The van der Waals surface area contributed by atoms with Gasteiger partial charge in [0.1, 0.15) is 5.52 Å². The van der Waals surface area contributed by atoms with E-state index in [1.165, 1.54) is 0 Å². The molecule has 0 spiro atoms. The Morgan fingerprint density at radius 1 is 1.03 bits per heavy atom. The molecule has 184 valence electrons. The first-order valence-electron chi connectivity index (χ1n) is 12.4. The average Bonchev–Trinajstić information content (AvgIpc) is 2.80. The number of rotatable bonds is 3. The summed E-state index contributed by atoms with van der Waals surface area (Å²) in [6.07, 6.45) is 0.0888. The molecule has 3 fully saturated rings. The quantitative estimate of drug-likeness (QED) is 0.431. The van der Waals surface area contributed by atoms with Crippen molar-refractivity contribution in [2.24, 2.45) is 11.3 Å². The summed E-state index contributed by atoms with van der Waals surface area (Å²) >= 11 is 0. The molecule has 5 atom stereocenters. The molecular formula is C27H29F3N4O. The van der Waals surface area contributed by atoms with Crippen LogP contribution in [0.3, 0.4) is 0 Å². The van der Waals surface area contributed by atoms with Gasteiger partial charge in [-0.3, -0.25) is 9.97 Å². The Hall–Kier alpha value is -2.61. The van der Waals surface area contributed by atoms with Crippen molar-refractivity contribution in [3.8, 4) is 0 Å². The summed E-state index contributed by atoms with van der Waals surface area (Å²) in [6, 6.07) is 6.03. The fourth-order valence-electron chi connectivity index (χ4n) is 6.44. The first-order chi connectivity index (χ1) is 16.7. The van der Waals surface area contributed by atoms with E-state index in [0.29, 0.717) is 24.2 Å². The van der Waals surface area contributed by atoms with Gasteiger partial charge >= 0.3 is 6.18 Å². The van der Waals surface area contributed by atoms with Gasteiger partial charge in [0, 0.05) is 36.0 Å². The average molecular weight is 483 g/mol. The monoisotopic (exact) mass is 482 g/mol. The van der Waals surface area contributed by atoms with Gasteiger partial charge in [-0.15, -0.1) is 0 Å². The fraction of sp³-hybridized carbons (Fsp3) is 0.556. The van der Waals surface area contributed by atoms with Gasteiger partial charge in [0.25, 0.3) is 0 Å². The lowest BCUT2D eigenvalue weighted by Gasteiger charge is -2.63. The molecule has 3 aromatic rings. The third kappa shape index (κ3) is 3.55. The lowest BCUT2D eigenvalue weighted by atomic mass is 9.41. The number of hydrogen-bond acceptors (Lipinski definition) is 5. The van der Waals surface area contributed by atoms with Crippen molar-refractivity contribution in [1.29, 1.82) is 0 Å². The van der Waals surface area contributed by atoms with Gasteiger partial charge in [-0.1, -0.05) is 0 Å². The summed E-state index contributed by atoms with van der Waals surface area (Å²) in [5.74, 6) is -0.482. The van der Waals surface area contributed by atoms with Gasteiger partial charge in [0.05, 0.1) is 34.1 Å². The summed E-state index contributed by atoms with van der Waals surface area (Å²) in [7, 11) is 0. The van der Waals surface area contributed by atoms with Crippen LogP contribution < -0.4 is 0 Å². The van der Waals surface area contributed by atoms with E-state index in [-0.39, 0.29) is 30.8 Å². The molecule has 3 aliphatic rings. The largest absolute Gasteiger partial charge is 0.394 e. The maximum absolute atomic E-state index is 13.8. The van der Waals surface area contributed by atoms with Gasteiger partial charge in [-0.2, -0.15) is 13.2 Å². The summed E-state index contributed by atoms with van der Waals surface area (Å²) in [5.41, 5.74) is 5.14. The van der Waals surface area contributed by atoms with Crippen molar-refractivity contribution >= 4 is 11.0 Å². The molecule has 8 heteroatoms. The first kappa shape index (κ1) is 22.8. The number of pyridine rings is 2. The van der Waals surface area contributed by atoms with Crippen LogP contribution >= 0.6 is 0 Å². The molecule has 3 aromatic heterocycles. The van der Waals surface area contributed by atoms with Crippen LogP contribution in [0.25, 0.3) is 11.0 Å². The number of aryl methyl sites for hydroxylation is 3. The van der Waals surface area contributed by atoms with E-state index in [4.69, 9.17) is 19.7 Å². The highest BCUT2D eigenvalue weighted by atomic mass is 19.4. The molecule has 0 amide bonds. The van der Waals surface area contributed by atoms with E-state index in [0.717, 1.165) is 46.7 Å². The van der Waals surface area contributed by atoms with Crippen molar-refractivity contribution < 1.29 is 17.9 Å². The number of ether oxygens (including phenoxy) is 1. The van der Waals surface area contributed by atoms with E-state index < -0.39 is 17.5 Å². The van der Waals surface area contributed by atoms with Crippen LogP contribution in [0.15, 0.2) is 24.4 Å². The Balaban J connectivity index is 1.38. The smallest absolute Gasteiger partial charge is 0.373 e. The minimum Gasteiger partial charge on any atom is -0.373 e. The summed E-state index contributed by atoms with van der Waals surface area (Å²) < 4.78 is 47.6. The van der Waals surface area contributed by atoms with Crippen LogP contribution in [-0.4, -0.2) is 32.7 Å². The highest BCUT2D eigenvalue weighted by Crippen LogP contribution is 2.73. The van der Waals surface area contributed by atoms with E-state index in [9.17, 15) is 13.2 Å². The second-order valence-corrected chi connectivity index (χ2v) is 10.6. The zero-order valence-corrected chi connectivity index (χ0v) is 20.2. The molecule has 0 aromatic carbocycles. The van der Waals surface area contributed by atoms with Crippen molar-refractivity contribution in [1.82, 2.24) is 19.9 Å². The van der Waals surface area contributed by atoms with Crippen LogP contribution in [0.2, 0.25) is 0 Å². The van der Waals surface area contributed by atoms with E-state index in [2.05, 4.69) is 4.98 Å². The third-order valence-corrected chi connectivity index (χ3v) is 8.70. The van der Waals surface area contributed by atoms with Crippen molar-refractivity contribution in [3.05, 3.63) is 58.4 Å². The minimum atomic E-state index is -4.16. The van der Waals surface area contributed by atoms with E-state index in [1.54, 1.807) is 6.20 Å². The fourth-order valence-corrected chi connectivity index (χ4v) is 6.44. The number of halogens is 3. The van der Waals surface area contributed by atoms with Crippen molar-refractivity contribution in [2.45, 2.75) is 77.0 Å². The van der Waals surface area contributed by atoms with Gasteiger partial charge in [-0.05, 0) is 82.6 Å². The van der Waals surface area contributed by atoms with Gasteiger partial charge in [-0.25, -0.2) is 9.97 Å². The Kier molecular flexibility index (Phi) is 5.18. The molecular weight excluding hydrogens is 453 g/mol. The lowest BCUT2D eigenvalue weighted by Crippen LogP contribution is -2.62. The van der Waals surface area contributed by atoms with Crippen LogP contribution in [-0.2, 0) is 4.74 Å². The van der Waals surface area contributed by atoms with Crippen LogP contribution in [0.4, 0.5) is 13.2 Å². The maximum Gasteiger partial charge on any atom is 0.394 e. The molecule has 0 N–H and O–H groups in total. The summed E-state index contributed by atoms with van der Waals surface area (Å²) in [5, 5.41) is 0. The summed E-state index contributed by atoms with van der Waals surface area (Å²) in [4.78, 5) is 18.9. The summed E-state index contributed by atoms with van der Waals surface area (Å²) in [6.45, 7) is 6.38. The Bertz CT molecular complexity index is 1310. The number of nitrogens with zero attached hydrogens (tertiary/aromatic N) is 4. The number of hydrogen-bond donors (Lipinski definition) is 0. The zero-order valence-electron chi connectivity index (χ0n) is 20.2. The predicted octanol–water partition coefficient (Wildman–Crippen LogP) is 6.43. The molecule has 2 aliphatic carbocycles. The number of fused-ring (bicyclic) bond motifs is 2. The molecule has 0 bridgehead atoms. The van der Waals surface area contributed by atoms with E-state index in [1.807, 2.05) is 39.0 Å². The Labute approximate surface area is 202 Å². The SMILES string of the molecule is Cc1cc(C2CC(c3cc4nc(C)c(C)nc4c([C@H]4C[C@]5(C(F)(F)F)CCC45)n3)CCO2)ccn1. The van der Waals surface area contributed by atoms with Crippen molar-refractivity contribution in [2.75, 3.05) is 6.61 Å². The second-order valence-electron chi connectivity index (χ2n) is 10.6. The lowest BCUT2D eigenvalue weighted by molar-refractivity contribution is -0.319. The topological polar surface area (TPSA) is 60.8 Å². The molecule has 2 saturated carbocycles. The number of aromatic nitrogens is 4. The molecule has 6 rings (SSSR count). The molecule has 35 heavy (non-hydrogen) atoms. The van der Waals surface area contributed by atoms with Crippen molar-refractivity contribution in [3.63, 3.8) is 0 Å². The first-order valence-corrected chi connectivity index (χ1v) is 12.4. The normalized spacial score (nSPS) is 30.5. The zero-order chi connectivity index (χ0) is 24.5. The Morgan fingerprint density at radius 2 is 1.83 bits per heavy atom. The molecule has 0 radical (unpaired) electrons. The molecule has 3 unspecified atom stereocenters. The second kappa shape index (κ2) is 7.95. The molecule has 1 aliphatic heterocycles. The van der Waals surface area contributed by atoms with Crippen LogP contribution in [0.1, 0.15) is 84.1 Å². The molecule has 5 nitrogen and oxygen atoms in total. The van der Waals surface area contributed by atoms with Gasteiger partial charge < -0.3 is 4.74 Å². The van der Waals surface area contributed by atoms with Crippen LogP contribution in [0, 0.1) is 32.1 Å². The molecule has 4 heterocycles. The minimum absolute atomic E-state index is 0.0598. The van der Waals surface area contributed by atoms with Crippen LogP contribution in [0.5, 0.6) is 0 Å². The maximum atomic E-state index is 13.8. The highest BCUT2D eigenvalue weighted by molar-refractivity contribution is 5.78. The Morgan fingerprint density at radius 3 is 2.51 bits per heavy atom.